The lowest BCUT2D eigenvalue weighted by molar-refractivity contribution is -0.138. The number of carboxylic acids is 1. The van der Waals surface area contributed by atoms with E-state index in [0.717, 1.165) is 65.9 Å². The fourth-order valence-electron chi connectivity index (χ4n) is 7.44. The molecule has 0 aliphatic carbocycles. The predicted molar refractivity (Wildman–Crippen MR) is 203 cm³/mol. The molecule has 14 heteroatoms. The number of halogens is 3. The van der Waals surface area contributed by atoms with E-state index < -0.39 is 18.2 Å². The number of pyridine rings is 2. The monoisotopic (exact) mass is 757 g/mol. The van der Waals surface area contributed by atoms with E-state index in [1.165, 1.54) is 0 Å². The van der Waals surface area contributed by atoms with Gasteiger partial charge in [0.15, 0.2) is 11.6 Å². The lowest BCUT2D eigenvalue weighted by atomic mass is 9.93. The lowest BCUT2D eigenvalue weighted by Gasteiger charge is -2.31. The summed E-state index contributed by atoms with van der Waals surface area (Å²) in [5, 5.41) is 22.8. The lowest BCUT2D eigenvalue weighted by Crippen LogP contribution is -2.34. The zero-order chi connectivity index (χ0) is 37.9. The van der Waals surface area contributed by atoms with E-state index in [2.05, 4.69) is 30.1 Å². The molecule has 2 aliphatic rings. The first kappa shape index (κ1) is 37.5. The largest absolute Gasteiger partial charge is 0.481 e. The summed E-state index contributed by atoms with van der Waals surface area (Å²) in [6.45, 7) is 6.02. The minimum atomic E-state index is -2.88. The zero-order valence-corrected chi connectivity index (χ0v) is 30.9. The highest BCUT2D eigenvalue weighted by atomic mass is 35.5. The number of nitrogens with zero attached hydrogens (tertiary/aromatic N) is 6. The summed E-state index contributed by atoms with van der Waals surface area (Å²) in [5.74, 6) is -0.477. The SMILES string of the molecule is COc1nc(-c2cccc(-c3cccc(Nc4nc(C(F)F)nc5cc(CN6CC[C@@H](O)C6)cnc45)c3C)c2Cl)ccc1CN1CCC(CC(=O)O)CC1. The molecule has 0 amide bonds. The van der Waals surface area contributed by atoms with E-state index in [9.17, 15) is 18.7 Å². The number of alkyl halides is 2. The van der Waals surface area contributed by atoms with Gasteiger partial charge in [-0.15, -0.1) is 0 Å². The normalized spacial score (nSPS) is 17.1. The van der Waals surface area contributed by atoms with Crippen LogP contribution in [0.25, 0.3) is 33.4 Å². The summed E-state index contributed by atoms with van der Waals surface area (Å²) in [4.78, 5) is 33.3. The fraction of sp³-hybridized carbons (Fsp3) is 0.375. The van der Waals surface area contributed by atoms with Crippen molar-refractivity contribution < 1.29 is 28.5 Å². The summed E-state index contributed by atoms with van der Waals surface area (Å²) in [7, 11) is 1.59. The van der Waals surface area contributed by atoms with Crippen LogP contribution in [0.3, 0.4) is 0 Å². The molecule has 2 aromatic carbocycles. The van der Waals surface area contributed by atoms with Gasteiger partial charge in [-0.3, -0.25) is 19.6 Å². The number of rotatable bonds is 12. The van der Waals surface area contributed by atoms with Crippen molar-refractivity contribution in [2.45, 2.75) is 58.2 Å². The predicted octanol–water partition coefficient (Wildman–Crippen LogP) is 7.66. The molecule has 0 unspecified atom stereocenters. The molecule has 1 atom stereocenters. The van der Waals surface area contributed by atoms with Crippen molar-refractivity contribution in [3.8, 4) is 28.3 Å². The first-order valence-corrected chi connectivity index (χ1v) is 18.4. The first-order valence-electron chi connectivity index (χ1n) is 18.0. The second-order valence-electron chi connectivity index (χ2n) is 14.1. The van der Waals surface area contributed by atoms with Gasteiger partial charge in [-0.25, -0.2) is 23.7 Å². The van der Waals surface area contributed by atoms with Gasteiger partial charge in [-0.2, -0.15) is 0 Å². The van der Waals surface area contributed by atoms with E-state index in [1.54, 1.807) is 19.4 Å². The smallest absolute Gasteiger partial charge is 0.303 e. The van der Waals surface area contributed by atoms with Crippen molar-refractivity contribution in [1.82, 2.24) is 29.7 Å². The molecular weight excluding hydrogens is 716 g/mol. The van der Waals surface area contributed by atoms with Gasteiger partial charge in [0.05, 0.1) is 29.4 Å². The average Bonchev–Trinajstić information content (AvgIpc) is 3.57. The highest BCUT2D eigenvalue weighted by molar-refractivity contribution is 6.36. The quantitative estimate of drug-likeness (QED) is 0.116. The molecule has 11 nitrogen and oxygen atoms in total. The van der Waals surface area contributed by atoms with Crippen LogP contribution in [0.15, 0.2) is 60.8 Å². The number of aliphatic hydroxyl groups excluding tert-OH is 1. The molecule has 2 fully saturated rings. The van der Waals surface area contributed by atoms with Crippen molar-refractivity contribution in [1.29, 1.82) is 0 Å². The number of likely N-dealkylation sites (tertiary alicyclic amines) is 2. The molecule has 5 heterocycles. The van der Waals surface area contributed by atoms with Gasteiger partial charge in [0, 0.05) is 61.2 Å². The summed E-state index contributed by atoms with van der Waals surface area (Å²) in [6.07, 6.45) is 1.03. The molecule has 0 bridgehead atoms. The molecule has 2 saturated heterocycles. The topological polar surface area (TPSA) is 137 Å². The molecule has 0 spiro atoms. The second kappa shape index (κ2) is 16.3. The van der Waals surface area contributed by atoms with Gasteiger partial charge >= 0.3 is 5.97 Å². The summed E-state index contributed by atoms with van der Waals surface area (Å²) in [6, 6.07) is 17.1. The van der Waals surface area contributed by atoms with E-state index in [0.29, 0.717) is 59.4 Å². The van der Waals surface area contributed by atoms with Crippen LogP contribution in [0, 0.1) is 12.8 Å². The van der Waals surface area contributed by atoms with Crippen LogP contribution in [0.4, 0.5) is 20.3 Å². The van der Waals surface area contributed by atoms with E-state index in [1.807, 2.05) is 55.5 Å². The maximum absolute atomic E-state index is 14.0. The van der Waals surface area contributed by atoms with Crippen LogP contribution in [-0.4, -0.2) is 85.3 Å². The van der Waals surface area contributed by atoms with Crippen molar-refractivity contribution in [3.05, 3.63) is 88.3 Å². The number of aliphatic hydroxyl groups is 1. The minimum Gasteiger partial charge on any atom is -0.481 e. The van der Waals surface area contributed by atoms with Gasteiger partial charge in [-0.05, 0) is 80.1 Å². The van der Waals surface area contributed by atoms with Gasteiger partial charge in [0.2, 0.25) is 5.88 Å². The van der Waals surface area contributed by atoms with E-state index in [4.69, 9.17) is 26.4 Å². The number of β-amino-alcohol motifs (C(OH)–C–C–N with tert-alkyl or cyclic N) is 1. The van der Waals surface area contributed by atoms with Crippen molar-refractivity contribution in [2.24, 2.45) is 5.92 Å². The van der Waals surface area contributed by atoms with Gasteiger partial charge < -0.3 is 20.3 Å². The number of hydrogen-bond donors (Lipinski definition) is 3. The Bertz CT molecular complexity index is 2170. The Balaban J connectivity index is 1.14. The van der Waals surface area contributed by atoms with Crippen LogP contribution in [0.2, 0.25) is 5.02 Å². The number of hydrogen-bond acceptors (Lipinski definition) is 10. The number of fused-ring (bicyclic) bond motifs is 1. The highest BCUT2D eigenvalue weighted by Crippen LogP contribution is 2.40. The van der Waals surface area contributed by atoms with E-state index in [-0.39, 0.29) is 24.3 Å². The summed E-state index contributed by atoms with van der Waals surface area (Å²) < 4.78 is 33.8. The second-order valence-corrected chi connectivity index (χ2v) is 14.5. The third-order valence-corrected chi connectivity index (χ3v) is 10.7. The summed E-state index contributed by atoms with van der Waals surface area (Å²) in [5.41, 5.74) is 6.83. The van der Waals surface area contributed by atoms with Crippen molar-refractivity contribution in [2.75, 3.05) is 38.6 Å². The number of carboxylic acid groups (broad SMARTS) is 1. The number of anilines is 2. The maximum Gasteiger partial charge on any atom is 0.303 e. The molecular formula is C40H42ClF2N7O4. The van der Waals surface area contributed by atoms with Crippen LogP contribution in [-0.2, 0) is 17.9 Å². The third kappa shape index (κ3) is 8.29. The van der Waals surface area contributed by atoms with Gasteiger partial charge in [0.1, 0.15) is 5.52 Å². The number of aliphatic carboxylic acids is 1. The molecule has 0 radical (unpaired) electrons. The zero-order valence-electron chi connectivity index (χ0n) is 30.1. The Morgan fingerprint density at radius 2 is 1.72 bits per heavy atom. The van der Waals surface area contributed by atoms with Crippen molar-refractivity contribution in [3.63, 3.8) is 0 Å². The number of aromatic nitrogens is 4. The van der Waals surface area contributed by atoms with Gasteiger partial charge in [-0.1, -0.05) is 48.0 Å². The number of methoxy groups -OCH3 is 1. The van der Waals surface area contributed by atoms with Crippen molar-refractivity contribution >= 4 is 40.1 Å². The Morgan fingerprint density at radius 3 is 2.44 bits per heavy atom. The molecule has 282 valence electrons. The van der Waals surface area contributed by atoms with Gasteiger partial charge in [0.25, 0.3) is 6.43 Å². The third-order valence-electron chi connectivity index (χ3n) is 10.3. The summed E-state index contributed by atoms with van der Waals surface area (Å²) >= 11 is 7.14. The molecule has 0 saturated carbocycles. The number of piperidine rings is 1. The minimum absolute atomic E-state index is 0.166. The number of carbonyl (C=O) groups is 1. The number of nitrogens with one attached hydrogen (secondary N) is 1. The Hall–Kier alpha value is -4.82. The van der Waals surface area contributed by atoms with Crippen LogP contribution in [0.1, 0.15) is 54.6 Å². The number of benzene rings is 2. The average molecular weight is 758 g/mol. The fourth-order valence-corrected chi connectivity index (χ4v) is 7.77. The number of ether oxygens (including phenoxy) is 1. The van der Waals surface area contributed by atoms with E-state index >= 15 is 0 Å². The maximum atomic E-state index is 14.0. The van der Waals surface area contributed by atoms with Crippen LogP contribution in [0.5, 0.6) is 5.88 Å². The standard InChI is InChI=1S/C40H42ClF2N7O4/c1-23-28(5-4-8-31(23)45-38-36-33(46-39(48-38)37(42)43)17-25(19-44-36)20-50-16-13-27(51)22-50)29-6-3-7-30(35(29)41)32-10-9-26(40(47-32)54-2)21-49-14-11-24(12-15-49)18-34(52)53/h3-10,17,19,24,27,37,51H,11-16,18,20-22H2,1-2H3,(H,52,53)(H,45,46,48)/t27-/m1/s1. The molecule has 54 heavy (non-hydrogen) atoms. The molecule has 5 aromatic rings. The Morgan fingerprint density at radius 1 is 0.981 bits per heavy atom. The highest BCUT2D eigenvalue weighted by Gasteiger charge is 2.24. The van der Waals surface area contributed by atoms with Crippen LogP contribution < -0.4 is 10.1 Å². The van der Waals surface area contributed by atoms with Crippen LogP contribution >= 0.6 is 11.6 Å². The molecule has 7 rings (SSSR count). The molecule has 3 N–H and O–H groups in total. The molecule has 3 aromatic heterocycles. The Labute approximate surface area is 317 Å². The first-order chi connectivity index (χ1) is 26.1. The molecule has 2 aliphatic heterocycles. The Kier molecular flexibility index (Phi) is 11.3.